The first kappa shape index (κ1) is 22.1. The number of halogens is 1. The quantitative estimate of drug-likeness (QED) is 0.569. The van der Waals surface area contributed by atoms with Crippen molar-refractivity contribution >= 4 is 29.1 Å². The number of urea groups is 1. The van der Waals surface area contributed by atoms with Crippen LogP contribution in [0.2, 0.25) is 5.02 Å². The van der Waals surface area contributed by atoms with Gasteiger partial charge in [0.15, 0.2) is 5.78 Å². The summed E-state index contributed by atoms with van der Waals surface area (Å²) in [5.74, 6) is 0.111. The summed E-state index contributed by atoms with van der Waals surface area (Å²) in [6.45, 7) is 6.85. The lowest BCUT2D eigenvalue weighted by molar-refractivity contribution is 0.0883. The molecule has 2 heterocycles. The number of piperazine rings is 1. The second kappa shape index (κ2) is 9.59. The average molecular weight is 451 g/mol. The van der Waals surface area contributed by atoms with Crippen molar-refractivity contribution in [1.82, 2.24) is 14.4 Å². The van der Waals surface area contributed by atoms with Crippen LogP contribution in [-0.4, -0.2) is 58.9 Å². The largest absolute Gasteiger partial charge is 0.322 e. The van der Waals surface area contributed by atoms with Crippen LogP contribution in [0.5, 0.6) is 0 Å². The predicted octanol–water partition coefficient (Wildman–Crippen LogP) is 4.78. The molecule has 1 aliphatic heterocycles. The third-order valence-corrected chi connectivity index (χ3v) is 6.12. The number of hydrogen-bond acceptors (Lipinski definition) is 3. The molecule has 1 aliphatic rings. The highest BCUT2D eigenvalue weighted by molar-refractivity contribution is 6.30. The van der Waals surface area contributed by atoms with Gasteiger partial charge in [-0.3, -0.25) is 9.69 Å². The number of aryl methyl sites for hydroxylation is 1. The van der Waals surface area contributed by atoms with Gasteiger partial charge < -0.3 is 14.8 Å². The maximum Gasteiger partial charge on any atom is 0.321 e. The van der Waals surface area contributed by atoms with E-state index in [1.54, 1.807) is 29.2 Å². The maximum absolute atomic E-state index is 13.1. The van der Waals surface area contributed by atoms with E-state index in [2.05, 4.69) is 14.8 Å². The monoisotopic (exact) mass is 450 g/mol. The fourth-order valence-corrected chi connectivity index (χ4v) is 4.28. The number of hydrogen-bond donors (Lipinski definition) is 1. The number of rotatable bonds is 5. The van der Waals surface area contributed by atoms with Gasteiger partial charge in [0, 0.05) is 59.5 Å². The third-order valence-electron chi connectivity index (χ3n) is 5.87. The standard InChI is InChI=1S/C25H27ClN4O2/c1-18-16-23(19(2)30(18)22-6-4-3-5-7-22)24(31)17-28-12-14-29(15-13-28)25(32)27-21-10-8-20(26)9-11-21/h3-11,16H,12-15,17H2,1-2H3,(H,27,32). The van der Waals surface area contributed by atoms with Gasteiger partial charge in [-0.15, -0.1) is 0 Å². The van der Waals surface area contributed by atoms with Crippen LogP contribution in [-0.2, 0) is 0 Å². The fourth-order valence-electron chi connectivity index (χ4n) is 4.15. The van der Waals surface area contributed by atoms with E-state index < -0.39 is 0 Å². The Labute approximate surface area is 193 Å². The Balaban J connectivity index is 1.34. The number of anilines is 1. The molecule has 6 nitrogen and oxygen atoms in total. The van der Waals surface area contributed by atoms with Gasteiger partial charge in [-0.05, 0) is 56.3 Å². The van der Waals surface area contributed by atoms with Gasteiger partial charge in [0.1, 0.15) is 0 Å². The van der Waals surface area contributed by atoms with E-state index in [0.717, 1.165) is 22.6 Å². The van der Waals surface area contributed by atoms with Crippen molar-refractivity contribution in [1.29, 1.82) is 0 Å². The lowest BCUT2D eigenvalue weighted by atomic mass is 10.1. The first-order valence-electron chi connectivity index (χ1n) is 10.7. The molecule has 0 bridgehead atoms. The summed E-state index contributed by atoms with van der Waals surface area (Å²) in [4.78, 5) is 29.5. The minimum Gasteiger partial charge on any atom is -0.322 e. The summed E-state index contributed by atoms with van der Waals surface area (Å²) in [7, 11) is 0. The molecule has 7 heteroatoms. The lowest BCUT2D eigenvalue weighted by Crippen LogP contribution is -2.51. The topological polar surface area (TPSA) is 57.6 Å². The fraction of sp³-hybridized carbons (Fsp3) is 0.280. The van der Waals surface area contributed by atoms with Crippen LogP contribution < -0.4 is 5.32 Å². The number of carbonyl (C=O) groups is 2. The third kappa shape index (κ3) is 4.87. The molecule has 2 aromatic carbocycles. The number of carbonyl (C=O) groups excluding carboxylic acids is 2. The molecule has 3 aromatic rings. The molecule has 1 saturated heterocycles. The summed E-state index contributed by atoms with van der Waals surface area (Å²) in [5, 5.41) is 3.52. The Bertz CT molecular complexity index is 1100. The van der Waals surface area contributed by atoms with Crippen molar-refractivity contribution in [3.63, 3.8) is 0 Å². The number of nitrogens with one attached hydrogen (secondary N) is 1. The Morgan fingerprint density at radius 3 is 2.25 bits per heavy atom. The number of ketones is 1. The molecule has 32 heavy (non-hydrogen) atoms. The van der Waals surface area contributed by atoms with Crippen LogP contribution in [0.25, 0.3) is 5.69 Å². The molecular formula is C25H27ClN4O2. The molecule has 0 saturated carbocycles. The highest BCUT2D eigenvalue weighted by Crippen LogP contribution is 2.21. The minimum absolute atomic E-state index is 0.111. The van der Waals surface area contributed by atoms with Crippen molar-refractivity contribution in [3.8, 4) is 5.69 Å². The lowest BCUT2D eigenvalue weighted by Gasteiger charge is -2.34. The zero-order valence-electron chi connectivity index (χ0n) is 18.3. The molecule has 0 aliphatic carbocycles. The van der Waals surface area contributed by atoms with Crippen molar-refractivity contribution in [2.24, 2.45) is 0 Å². The van der Waals surface area contributed by atoms with Gasteiger partial charge in [-0.2, -0.15) is 0 Å². The Hall–Kier alpha value is -3.09. The van der Waals surface area contributed by atoms with Gasteiger partial charge >= 0.3 is 6.03 Å². The summed E-state index contributed by atoms with van der Waals surface area (Å²) in [6.07, 6.45) is 0. The van der Waals surface area contributed by atoms with Gasteiger partial charge in [-0.1, -0.05) is 29.8 Å². The van der Waals surface area contributed by atoms with Crippen LogP contribution in [0.15, 0.2) is 60.7 Å². The van der Waals surface area contributed by atoms with Gasteiger partial charge in [0.25, 0.3) is 0 Å². The first-order chi connectivity index (χ1) is 15.4. The highest BCUT2D eigenvalue weighted by Gasteiger charge is 2.24. The molecule has 0 unspecified atom stereocenters. The Morgan fingerprint density at radius 2 is 1.59 bits per heavy atom. The molecule has 166 valence electrons. The molecule has 2 amide bonds. The Morgan fingerprint density at radius 1 is 0.938 bits per heavy atom. The second-order valence-electron chi connectivity index (χ2n) is 8.08. The molecule has 0 spiro atoms. The number of para-hydroxylation sites is 1. The van der Waals surface area contributed by atoms with Crippen molar-refractivity contribution in [2.75, 3.05) is 38.0 Å². The summed E-state index contributed by atoms with van der Waals surface area (Å²) < 4.78 is 2.12. The van der Waals surface area contributed by atoms with Crippen LogP contribution in [0.4, 0.5) is 10.5 Å². The number of amides is 2. The zero-order valence-corrected chi connectivity index (χ0v) is 19.1. The van der Waals surface area contributed by atoms with Gasteiger partial charge in [0.2, 0.25) is 0 Å². The van der Waals surface area contributed by atoms with E-state index in [1.165, 1.54) is 0 Å². The number of nitrogens with zero attached hydrogens (tertiary/aromatic N) is 3. The molecular weight excluding hydrogens is 424 g/mol. The Kier molecular flexibility index (Phi) is 6.63. The summed E-state index contributed by atoms with van der Waals surface area (Å²) in [5.41, 5.74) is 4.53. The number of Topliss-reactive ketones (excluding diaryl/α,β-unsaturated/α-hetero) is 1. The first-order valence-corrected chi connectivity index (χ1v) is 11.1. The molecule has 1 N–H and O–H groups in total. The maximum atomic E-state index is 13.1. The summed E-state index contributed by atoms with van der Waals surface area (Å²) >= 11 is 5.89. The van der Waals surface area contributed by atoms with Crippen molar-refractivity contribution < 1.29 is 9.59 Å². The van der Waals surface area contributed by atoms with Crippen LogP contribution in [0.1, 0.15) is 21.7 Å². The number of aromatic nitrogens is 1. The van der Waals surface area contributed by atoms with Gasteiger partial charge in [-0.25, -0.2) is 4.79 Å². The summed E-state index contributed by atoms with van der Waals surface area (Å²) in [6, 6.07) is 19.0. The highest BCUT2D eigenvalue weighted by atomic mass is 35.5. The van der Waals surface area contributed by atoms with E-state index in [0.29, 0.717) is 43.4 Å². The van der Waals surface area contributed by atoms with Gasteiger partial charge in [0.05, 0.1) is 6.54 Å². The minimum atomic E-state index is -0.135. The van der Waals surface area contributed by atoms with Crippen LogP contribution in [0, 0.1) is 13.8 Å². The average Bonchev–Trinajstić information content (AvgIpc) is 3.10. The molecule has 1 aromatic heterocycles. The van der Waals surface area contributed by atoms with E-state index in [1.807, 2.05) is 50.2 Å². The predicted molar refractivity (Wildman–Crippen MR) is 128 cm³/mol. The van der Waals surface area contributed by atoms with Crippen LogP contribution in [0.3, 0.4) is 0 Å². The molecule has 1 fully saturated rings. The van der Waals surface area contributed by atoms with E-state index in [-0.39, 0.29) is 11.8 Å². The molecule has 0 atom stereocenters. The van der Waals surface area contributed by atoms with E-state index in [9.17, 15) is 9.59 Å². The second-order valence-corrected chi connectivity index (χ2v) is 8.52. The van der Waals surface area contributed by atoms with Crippen molar-refractivity contribution in [2.45, 2.75) is 13.8 Å². The normalized spacial score (nSPS) is 14.4. The van der Waals surface area contributed by atoms with E-state index >= 15 is 0 Å². The van der Waals surface area contributed by atoms with Crippen molar-refractivity contribution in [3.05, 3.63) is 82.6 Å². The number of benzene rings is 2. The smallest absolute Gasteiger partial charge is 0.321 e. The molecule has 4 rings (SSSR count). The SMILES string of the molecule is Cc1cc(C(=O)CN2CCN(C(=O)Nc3ccc(Cl)cc3)CC2)c(C)n1-c1ccccc1. The molecule has 0 radical (unpaired) electrons. The zero-order chi connectivity index (χ0) is 22.7. The van der Waals surface area contributed by atoms with Crippen LogP contribution >= 0.6 is 11.6 Å². The van der Waals surface area contributed by atoms with E-state index in [4.69, 9.17) is 11.6 Å².